The number of halogens is 2. The number of nitrogens with one attached hydrogen (secondary N) is 1. The number of nitriles is 1. The molecule has 1 aliphatic rings. The molecule has 2 nitrogen and oxygen atoms in total. The van der Waals surface area contributed by atoms with Gasteiger partial charge in [0.15, 0.2) is 11.6 Å². The maximum atomic E-state index is 13.8. The van der Waals surface area contributed by atoms with Gasteiger partial charge in [0.05, 0.1) is 11.3 Å². The van der Waals surface area contributed by atoms with Crippen LogP contribution in [0, 0.1) is 23.0 Å². The first kappa shape index (κ1) is 12.6. The smallest absolute Gasteiger partial charge is 0.183 e. The fraction of sp³-hybridized carbons (Fsp3) is 0.188. The number of fused-ring (bicyclic) bond motifs is 1. The van der Waals surface area contributed by atoms with Gasteiger partial charge in [-0.1, -0.05) is 6.07 Å². The van der Waals surface area contributed by atoms with E-state index in [0.717, 1.165) is 24.9 Å². The number of rotatable bonds is 2. The molecule has 1 N–H and O–H groups in total. The van der Waals surface area contributed by atoms with Gasteiger partial charge in [0, 0.05) is 5.69 Å². The van der Waals surface area contributed by atoms with Crippen molar-refractivity contribution in [2.45, 2.75) is 19.3 Å². The number of nitrogens with zero attached hydrogens (tertiary/aromatic N) is 1. The molecular weight excluding hydrogens is 258 g/mol. The Morgan fingerprint density at radius 3 is 2.60 bits per heavy atom. The quantitative estimate of drug-likeness (QED) is 0.893. The first-order valence-corrected chi connectivity index (χ1v) is 6.46. The normalized spacial score (nSPS) is 12.8. The summed E-state index contributed by atoms with van der Waals surface area (Å²) >= 11 is 0. The lowest BCUT2D eigenvalue weighted by atomic mass is 10.1. The number of hydrogen-bond acceptors (Lipinski definition) is 2. The van der Waals surface area contributed by atoms with Crippen LogP contribution >= 0.6 is 0 Å². The van der Waals surface area contributed by atoms with Crippen molar-refractivity contribution in [3.63, 3.8) is 0 Å². The molecule has 0 spiro atoms. The Morgan fingerprint density at radius 2 is 1.80 bits per heavy atom. The molecule has 0 atom stereocenters. The summed E-state index contributed by atoms with van der Waals surface area (Å²) in [6.07, 6.45) is 3.24. The van der Waals surface area contributed by atoms with E-state index in [1.807, 2.05) is 18.2 Å². The van der Waals surface area contributed by atoms with Gasteiger partial charge in [0.25, 0.3) is 0 Å². The van der Waals surface area contributed by atoms with Gasteiger partial charge in [-0.3, -0.25) is 0 Å². The van der Waals surface area contributed by atoms with Gasteiger partial charge < -0.3 is 5.32 Å². The number of hydrogen-bond donors (Lipinski definition) is 1. The molecule has 0 bridgehead atoms. The van der Waals surface area contributed by atoms with Crippen molar-refractivity contribution in [1.82, 2.24) is 0 Å². The first-order chi connectivity index (χ1) is 9.69. The van der Waals surface area contributed by atoms with Crippen LogP contribution < -0.4 is 5.32 Å². The number of aryl methyl sites for hydroxylation is 2. The molecule has 0 heterocycles. The minimum atomic E-state index is -1.11. The van der Waals surface area contributed by atoms with Crippen LogP contribution in [0.5, 0.6) is 0 Å². The second-order valence-electron chi connectivity index (χ2n) is 4.86. The molecule has 0 unspecified atom stereocenters. The Bertz CT molecular complexity index is 717. The maximum absolute atomic E-state index is 13.8. The molecule has 1 aliphatic carbocycles. The average Bonchev–Trinajstić information content (AvgIpc) is 2.92. The predicted molar refractivity (Wildman–Crippen MR) is 72.8 cm³/mol. The van der Waals surface area contributed by atoms with Gasteiger partial charge in [-0.15, -0.1) is 0 Å². The van der Waals surface area contributed by atoms with Crippen molar-refractivity contribution in [2.75, 3.05) is 5.32 Å². The Labute approximate surface area is 115 Å². The summed E-state index contributed by atoms with van der Waals surface area (Å²) in [5.41, 5.74) is 3.06. The van der Waals surface area contributed by atoms with Crippen LogP contribution in [0.15, 0.2) is 30.3 Å². The van der Waals surface area contributed by atoms with Crippen LogP contribution in [-0.4, -0.2) is 0 Å². The van der Waals surface area contributed by atoms with E-state index in [9.17, 15) is 8.78 Å². The van der Waals surface area contributed by atoms with E-state index in [2.05, 4.69) is 5.32 Å². The molecule has 20 heavy (non-hydrogen) atoms. The topological polar surface area (TPSA) is 35.8 Å². The summed E-state index contributed by atoms with van der Waals surface area (Å²) in [6, 6.07) is 10.1. The van der Waals surface area contributed by atoms with Crippen LogP contribution in [0.3, 0.4) is 0 Å². The fourth-order valence-corrected chi connectivity index (χ4v) is 2.54. The van der Waals surface area contributed by atoms with Gasteiger partial charge in [-0.05, 0) is 54.7 Å². The van der Waals surface area contributed by atoms with Crippen LogP contribution in [0.4, 0.5) is 20.2 Å². The van der Waals surface area contributed by atoms with Gasteiger partial charge in [-0.25, -0.2) is 8.78 Å². The fourth-order valence-electron chi connectivity index (χ4n) is 2.54. The second-order valence-corrected chi connectivity index (χ2v) is 4.86. The molecule has 3 rings (SSSR count). The summed E-state index contributed by atoms with van der Waals surface area (Å²) < 4.78 is 27.4. The first-order valence-electron chi connectivity index (χ1n) is 6.46. The van der Waals surface area contributed by atoms with Crippen molar-refractivity contribution in [1.29, 1.82) is 5.26 Å². The van der Waals surface area contributed by atoms with E-state index in [1.165, 1.54) is 23.3 Å². The van der Waals surface area contributed by atoms with Gasteiger partial charge >= 0.3 is 0 Å². The lowest BCUT2D eigenvalue weighted by Crippen LogP contribution is -1.99. The lowest BCUT2D eigenvalue weighted by Gasteiger charge is -2.10. The Balaban J connectivity index is 1.92. The standard InChI is InChI=1S/C16H12F2N2/c17-15-12(9-19)5-7-14(16(15)18)20-13-6-4-10-2-1-3-11(10)8-13/h4-8,20H,1-3H2. The zero-order valence-corrected chi connectivity index (χ0v) is 10.7. The van der Waals surface area contributed by atoms with Crippen LogP contribution in [-0.2, 0) is 12.8 Å². The molecule has 0 radical (unpaired) electrons. The zero-order chi connectivity index (χ0) is 14.1. The summed E-state index contributed by atoms with van der Waals surface area (Å²) in [7, 11) is 0. The Morgan fingerprint density at radius 1 is 1.00 bits per heavy atom. The van der Waals surface area contributed by atoms with Gasteiger partial charge in [0.1, 0.15) is 6.07 Å². The molecule has 100 valence electrons. The Kier molecular flexibility index (Phi) is 3.11. The van der Waals surface area contributed by atoms with Crippen LogP contribution in [0.1, 0.15) is 23.1 Å². The second kappa shape index (κ2) is 4.93. The monoisotopic (exact) mass is 270 g/mol. The SMILES string of the molecule is N#Cc1ccc(Nc2ccc3c(c2)CCC3)c(F)c1F. The van der Waals surface area contributed by atoms with Crippen molar-refractivity contribution < 1.29 is 8.78 Å². The highest BCUT2D eigenvalue weighted by molar-refractivity contribution is 5.63. The van der Waals surface area contributed by atoms with E-state index in [4.69, 9.17) is 5.26 Å². The maximum Gasteiger partial charge on any atom is 0.183 e. The molecule has 0 saturated carbocycles. The highest BCUT2D eigenvalue weighted by atomic mass is 19.2. The molecule has 2 aromatic carbocycles. The van der Waals surface area contributed by atoms with E-state index < -0.39 is 11.6 Å². The highest BCUT2D eigenvalue weighted by Crippen LogP contribution is 2.28. The lowest BCUT2D eigenvalue weighted by molar-refractivity contribution is 0.509. The summed E-state index contributed by atoms with van der Waals surface area (Å²) in [5, 5.41) is 11.5. The average molecular weight is 270 g/mol. The highest BCUT2D eigenvalue weighted by Gasteiger charge is 2.15. The van der Waals surface area contributed by atoms with Crippen molar-refractivity contribution in [3.8, 4) is 6.07 Å². The van der Waals surface area contributed by atoms with Gasteiger partial charge in [0.2, 0.25) is 0 Å². The Hall–Kier alpha value is -2.41. The van der Waals surface area contributed by atoms with E-state index in [-0.39, 0.29) is 11.3 Å². The molecule has 0 fully saturated rings. The zero-order valence-electron chi connectivity index (χ0n) is 10.7. The largest absolute Gasteiger partial charge is 0.353 e. The van der Waals surface area contributed by atoms with E-state index >= 15 is 0 Å². The number of anilines is 2. The molecule has 0 amide bonds. The third-order valence-corrected chi connectivity index (χ3v) is 3.58. The molecule has 2 aromatic rings. The molecule has 0 saturated heterocycles. The van der Waals surface area contributed by atoms with Crippen molar-refractivity contribution >= 4 is 11.4 Å². The van der Waals surface area contributed by atoms with Crippen molar-refractivity contribution in [2.24, 2.45) is 0 Å². The van der Waals surface area contributed by atoms with E-state index in [1.54, 1.807) is 6.07 Å². The summed E-state index contributed by atoms with van der Waals surface area (Å²) in [6.45, 7) is 0. The minimum Gasteiger partial charge on any atom is -0.353 e. The third-order valence-electron chi connectivity index (χ3n) is 3.58. The van der Waals surface area contributed by atoms with Crippen molar-refractivity contribution in [3.05, 3.63) is 58.7 Å². The molecule has 0 aliphatic heterocycles. The van der Waals surface area contributed by atoms with E-state index in [0.29, 0.717) is 0 Å². The summed E-state index contributed by atoms with van der Waals surface area (Å²) in [5.74, 6) is -2.14. The van der Waals surface area contributed by atoms with Crippen LogP contribution in [0.2, 0.25) is 0 Å². The molecule has 4 heteroatoms. The molecule has 0 aromatic heterocycles. The van der Waals surface area contributed by atoms with Crippen LogP contribution in [0.25, 0.3) is 0 Å². The predicted octanol–water partition coefficient (Wildman–Crippen LogP) is 4.07. The minimum absolute atomic E-state index is 0.0412. The molecular formula is C16H12F2N2. The number of benzene rings is 2. The summed E-state index contributed by atoms with van der Waals surface area (Å²) in [4.78, 5) is 0. The third kappa shape index (κ3) is 2.12. The van der Waals surface area contributed by atoms with Gasteiger partial charge in [-0.2, -0.15) is 5.26 Å².